The highest BCUT2D eigenvalue weighted by Gasteiger charge is 2.43. The highest BCUT2D eigenvalue weighted by molar-refractivity contribution is 7.82. The zero-order chi connectivity index (χ0) is 24.0. The minimum Gasteiger partial charge on any atom is -0.497 e. The van der Waals surface area contributed by atoms with Crippen molar-refractivity contribution in [2.24, 2.45) is 5.73 Å². The van der Waals surface area contributed by atoms with Crippen LogP contribution >= 0.6 is 35.8 Å². The molecule has 12 heteroatoms. The Morgan fingerprint density at radius 1 is 1.18 bits per heavy atom. The molecule has 2 aliphatic rings. The molecule has 3 aromatic rings. The number of esters is 1. The zero-order valence-corrected chi connectivity index (χ0v) is 19.9. The molecule has 2 aliphatic heterocycles. The first-order chi connectivity index (χ1) is 16.4. The molecule has 3 heterocycles. The maximum absolute atomic E-state index is 12.6. The van der Waals surface area contributed by atoms with E-state index in [0.29, 0.717) is 26.0 Å². The van der Waals surface area contributed by atoms with Crippen LogP contribution in [-0.2, 0) is 9.59 Å². The third-order valence-corrected chi connectivity index (χ3v) is 6.93. The summed E-state index contributed by atoms with van der Waals surface area (Å²) in [7, 11) is 1.56. The van der Waals surface area contributed by atoms with Gasteiger partial charge in [0, 0.05) is 11.3 Å². The number of carbonyl (C=O) groups excluding carboxylic acids is 2. The van der Waals surface area contributed by atoms with Gasteiger partial charge in [0.2, 0.25) is 11.8 Å². The van der Waals surface area contributed by atoms with E-state index in [0.717, 1.165) is 5.56 Å². The Morgan fingerprint density at radius 2 is 1.91 bits per heavy atom. The fourth-order valence-corrected chi connectivity index (χ4v) is 5.21. The van der Waals surface area contributed by atoms with Gasteiger partial charge in [-0.05, 0) is 42.5 Å². The normalized spacial score (nSPS) is 15.8. The Hall–Kier alpha value is -3.74. The summed E-state index contributed by atoms with van der Waals surface area (Å²) in [5.41, 5.74) is 10.4. The number of rotatable bonds is 3. The predicted molar refractivity (Wildman–Crippen MR) is 132 cm³/mol. The van der Waals surface area contributed by atoms with Crippen molar-refractivity contribution < 1.29 is 23.8 Å². The van der Waals surface area contributed by atoms with Crippen LogP contribution < -0.4 is 30.7 Å². The molecule has 172 valence electrons. The van der Waals surface area contributed by atoms with Crippen molar-refractivity contribution >= 4 is 58.3 Å². The first-order valence-electron chi connectivity index (χ1n) is 9.88. The second kappa shape index (κ2) is 8.56. The van der Waals surface area contributed by atoms with Gasteiger partial charge in [0.05, 0.1) is 17.9 Å². The number of carbonyl (C=O) groups is 2. The molecule has 2 aromatic carbocycles. The number of anilines is 1. The van der Waals surface area contributed by atoms with Crippen LogP contribution in [0.1, 0.15) is 16.4 Å². The SMILES string of the molecule is COc1ccc(NC(=O)C(=S)Nn2c3c(sc2=S)C2C(=C(N)O3)C(=O)Oc3ccccc32)cc1. The number of thiocarbonyl (C=S) groups is 1. The van der Waals surface area contributed by atoms with Gasteiger partial charge in [-0.15, -0.1) is 11.3 Å². The number of benzene rings is 2. The number of hydrogen-bond donors (Lipinski definition) is 3. The number of methoxy groups -OCH3 is 1. The lowest BCUT2D eigenvalue weighted by Crippen LogP contribution is -2.35. The van der Waals surface area contributed by atoms with Crippen molar-refractivity contribution in [3.63, 3.8) is 0 Å². The highest BCUT2D eigenvalue weighted by Crippen LogP contribution is 2.50. The lowest BCUT2D eigenvalue weighted by molar-refractivity contribution is -0.131. The lowest BCUT2D eigenvalue weighted by Gasteiger charge is -2.30. The van der Waals surface area contributed by atoms with Gasteiger partial charge in [0.25, 0.3) is 5.91 Å². The Kier molecular flexibility index (Phi) is 5.55. The quantitative estimate of drug-likeness (QED) is 0.276. The summed E-state index contributed by atoms with van der Waals surface area (Å²) in [6.07, 6.45) is 0. The van der Waals surface area contributed by atoms with E-state index in [1.165, 1.54) is 16.0 Å². The second-order valence-corrected chi connectivity index (χ2v) is 9.32. The number of nitrogens with two attached hydrogens (primary N) is 1. The molecule has 0 saturated carbocycles. The molecule has 0 bridgehead atoms. The molecule has 1 aromatic heterocycles. The number of amides is 1. The topological polar surface area (TPSA) is 117 Å². The lowest BCUT2D eigenvalue weighted by atomic mass is 9.86. The average molecular weight is 513 g/mol. The highest BCUT2D eigenvalue weighted by atomic mass is 32.1. The second-order valence-electron chi connectivity index (χ2n) is 7.24. The van der Waals surface area contributed by atoms with Crippen LogP contribution in [0.25, 0.3) is 0 Å². The van der Waals surface area contributed by atoms with E-state index in [-0.39, 0.29) is 22.3 Å². The van der Waals surface area contributed by atoms with E-state index in [9.17, 15) is 9.59 Å². The van der Waals surface area contributed by atoms with Gasteiger partial charge in [-0.25, -0.2) is 9.47 Å². The van der Waals surface area contributed by atoms with Gasteiger partial charge >= 0.3 is 5.97 Å². The first kappa shape index (κ1) is 22.1. The van der Waals surface area contributed by atoms with Crippen molar-refractivity contribution in [3.05, 3.63) is 74.4 Å². The maximum Gasteiger partial charge on any atom is 0.345 e. The molecule has 4 N–H and O–H groups in total. The molecule has 0 aliphatic carbocycles. The van der Waals surface area contributed by atoms with E-state index in [1.807, 2.05) is 12.1 Å². The van der Waals surface area contributed by atoms with Gasteiger partial charge in [-0.1, -0.05) is 30.4 Å². The molecule has 5 rings (SSSR count). The van der Waals surface area contributed by atoms with Crippen LogP contribution in [-0.4, -0.2) is 28.7 Å². The number of ether oxygens (including phenoxy) is 3. The summed E-state index contributed by atoms with van der Waals surface area (Å²) in [5.74, 6) is -0.397. The number of para-hydroxylation sites is 1. The summed E-state index contributed by atoms with van der Waals surface area (Å²) in [5, 5.41) is 2.70. The summed E-state index contributed by atoms with van der Waals surface area (Å²) < 4.78 is 18.0. The monoisotopic (exact) mass is 512 g/mol. The molecule has 0 saturated heterocycles. The number of hydrogen-bond acceptors (Lipinski definition) is 9. The van der Waals surface area contributed by atoms with Crippen molar-refractivity contribution in [2.75, 3.05) is 17.9 Å². The van der Waals surface area contributed by atoms with Gasteiger partial charge in [0.1, 0.15) is 17.1 Å². The fourth-order valence-electron chi connectivity index (χ4n) is 3.68. The Bertz CT molecular complexity index is 1440. The van der Waals surface area contributed by atoms with E-state index in [2.05, 4.69) is 10.7 Å². The molecular formula is C22H16N4O5S3. The number of nitrogens with one attached hydrogen (secondary N) is 2. The van der Waals surface area contributed by atoms with Crippen molar-refractivity contribution in [1.82, 2.24) is 4.68 Å². The van der Waals surface area contributed by atoms with Gasteiger partial charge in [0.15, 0.2) is 8.94 Å². The third kappa shape index (κ3) is 3.71. The summed E-state index contributed by atoms with van der Waals surface area (Å²) in [6, 6.07) is 14.0. The minimum atomic E-state index is -0.583. The van der Waals surface area contributed by atoms with E-state index < -0.39 is 17.8 Å². The number of thiazole rings is 1. The van der Waals surface area contributed by atoms with Crippen molar-refractivity contribution in [3.8, 4) is 17.4 Å². The summed E-state index contributed by atoms with van der Waals surface area (Å²) in [4.78, 5) is 25.8. The average Bonchev–Trinajstić information content (AvgIpc) is 3.13. The van der Waals surface area contributed by atoms with Crippen molar-refractivity contribution in [2.45, 2.75) is 5.92 Å². The van der Waals surface area contributed by atoms with E-state index in [4.69, 9.17) is 44.4 Å². The first-order valence-corrected chi connectivity index (χ1v) is 11.5. The van der Waals surface area contributed by atoms with Crippen LogP contribution in [0, 0.1) is 3.95 Å². The Morgan fingerprint density at radius 3 is 2.65 bits per heavy atom. The van der Waals surface area contributed by atoms with E-state index >= 15 is 0 Å². The summed E-state index contributed by atoms with van der Waals surface area (Å²) in [6.45, 7) is 0. The fraction of sp³-hybridized carbons (Fsp3) is 0.0909. The van der Waals surface area contributed by atoms with Crippen LogP contribution in [0.5, 0.6) is 17.4 Å². The molecular weight excluding hydrogens is 496 g/mol. The largest absolute Gasteiger partial charge is 0.497 e. The standard InChI is InChI=1S/C22H16N4O5S3/c1-29-11-8-6-10(7-9-11)24-18(27)19(32)25-26-20-16(34-22(26)33)14-12-4-2-3-5-13(12)30-21(28)15(14)17(23)31-20/h2-9,14H,23H2,1H3,(H,24,27)(H,25,32). The Balaban J connectivity index is 1.45. The Labute approximate surface area is 207 Å². The predicted octanol–water partition coefficient (Wildman–Crippen LogP) is 3.41. The van der Waals surface area contributed by atoms with Gasteiger partial charge in [-0.3, -0.25) is 10.2 Å². The molecule has 9 nitrogen and oxygen atoms in total. The van der Waals surface area contributed by atoms with E-state index in [1.54, 1.807) is 43.5 Å². The molecule has 0 fully saturated rings. The molecule has 1 amide bonds. The number of aromatic nitrogens is 1. The van der Waals surface area contributed by atoms with Crippen LogP contribution in [0.15, 0.2) is 60.0 Å². The smallest absolute Gasteiger partial charge is 0.345 e. The number of fused-ring (bicyclic) bond motifs is 5. The molecule has 0 radical (unpaired) electrons. The minimum absolute atomic E-state index is 0.103. The zero-order valence-electron chi connectivity index (χ0n) is 17.5. The molecule has 34 heavy (non-hydrogen) atoms. The van der Waals surface area contributed by atoms with Crippen LogP contribution in [0.2, 0.25) is 0 Å². The van der Waals surface area contributed by atoms with Crippen LogP contribution in [0.4, 0.5) is 5.69 Å². The molecule has 0 spiro atoms. The molecule has 1 unspecified atom stereocenters. The number of nitrogens with zero attached hydrogens (tertiary/aromatic N) is 1. The van der Waals surface area contributed by atoms with Gasteiger partial charge < -0.3 is 25.3 Å². The molecule has 1 atom stereocenters. The van der Waals surface area contributed by atoms with Crippen LogP contribution in [0.3, 0.4) is 0 Å². The maximum atomic E-state index is 12.6. The van der Waals surface area contributed by atoms with Crippen molar-refractivity contribution in [1.29, 1.82) is 0 Å². The van der Waals surface area contributed by atoms with Gasteiger partial charge in [-0.2, -0.15) is 0 Å². The third-order valence-electron chi connectivity index (χ3n) is 5.24. The summed E-state index contributed by atoms with van der Waals surface area (Å²) >= 11 is 12.0.